The molecule has 0 saturated heterocycles. The molecule has 1 N–H and O–H groups in total. The molecule has 0 atom stereocenters. The first-order chi connectivity index (χ1) is 9.74. The molecule has 2 nitrogen and oxygen atoms in total. The van der Waals surface area contributed by atoms with Gasteiger partial charge in [-0.15, -0.1) is 11.3 Å². The summed E-state index contributed by atoms with van der Waals surface area (Å²) in [6.07, 6.45) is 5.48. The summed E-state index contributed by atoms with van der Waals surface area (Å²) in [5, 5.41) is 5.65. The number of halogens is 1. The van der Waals surface area contributed by atoms with Gasteiger partial charge < -0.3 is 5.32 Å². The van der Waals surface area contributed by atoms with Crippen molar-refractivity contribution in [3.8, 4) is 0 Å². The number of aryl methyl sites for hydroxylation is 1. The minimum absolute atomic E-state index is 0.618. The topological polar surface area (TPSA) is 24.9 Å². The van der Waals surface area contributed by atoms with E-state index in [4.69, 9.17) is 11.6 Å². The maximum atomic E-state index is 6.04. The molecule has 1 saturated carbocycles. The van der Waals surface area contributed by atoms with Gasteiger partial charge in [-0.2, -0.15) is 0 Å². The molecule has 1 heterocycles. The van der Waals surface area contributed by atoms with Crippen molar-refractivity contribution in [2.24, 2.45) is 0 Å². The minimum atomic E-state index is 0.618. The second kappa shape index (κ2) is 6.25. The van der Waals surface area contributed by atoms with Crippen LogP contribution < -0.4 is 5.32 Å². The molecule has 4 heteroatoms. The summed E-state index contributed by atoms with van der Waals surface area (Å²) in [4.78, 5) is 5.81. The molecule has 3 rings (SSSR count). The van der Waals surface area contributed by atoms with Crippen molar-refractivity contribution in [2.75, 3.05) is 0 Å². The summed E-state index contributed by atoms with van der Waals surface area (Å²) in [7, 11) is 0. The van der Waals surface area contributed by atoms with Crippen molar-refractivity contribution in [2.45, 2.75) is 44.7 Å². The second-order valence-electron chi connectivity index (χ2n) is 5.38. The highest BCUT2D eigenvalue weighted by atomic mass is 35.5. The number of hydrogen-bond acceptors (Lipinski definition) is 3. The highest BCUT2D eigenvalue weighted by Gasteiger charge is 2.29. The van der Waals surface area contributed by atoms with E-state index in [2.05, 4.69) is 29.4 Å². The SMILES string of the molecule is CCc1cnc(CNC2CC(c3cccc(Cl)c3)C2)s1. The Labute approximate surface area is 129 Å². The highest BCUT2D eigenvalue weighted by molar-refractivity contribution is 7.11. The first kappa shape index (κ1) is 14.1. The summed E-state index contributed by atoms with van der Waals surface area (Å²) in [6.45, 7) is 3.07. The van der Waals surface area contributed by atoms with Gasteiger partial charge in [0.25, 0.3) is 0 Å². The molecular weight excluding hydrogens is 288 g/mol. The number of nitrogens with one attached hydrogen (secondary N) is 1. The van der Waals surface area contributed by atoms with Gasteiger partial charge in [-0.1, -0.05) is 30.7 Å². The largest absolute Gasteiger partial charge is 0.308 e. The van der Waals surface area contributed by atoms with Crippen LogP contribution in [0.15, 0.2) is 30.5 Å². The van der Waals surface area contributed by atoms with Crippen molar-refractivity contribution in [3.63, 3.8) is 0 Å². The Bertz CT molecular complexity index is 575. The molecular formula is C16H19ClN2S. The predicted octanol–water partition coefficient (Wildman–Crippen LogP) is 4.39. The van der Waals surface area contributed by atoms with E-state index in [1.807, 2.05) is 29.7 Å². The fourth-order valence-electron chi connectivity index (χ4n) is 2.64. The first-order valence-electron chi connectivity index (χ1n) is 7.17. The standard InChI is InChI=1S/C16H19ClN2S/c1-2-15-9-19-16(20-15)10-18-14-7-12(8-14)11-4-3-5-13(17)6-11/h3-6,9,12,14,18H,2,7-8,10H2,1H3. The molecule has 0 bridgehead atoms. The Morgan fingerprint density at radius 2 is 2.25 bits per heavy atom. The Hall–Kier alpha value is -0.900. The van der Waals surface area contributed by atoms with Crippen molar-refractivity contribution in [1.29, 1.82) is 0 Å². The Kier molecular flexibility index (Phi) is 4.39. The number of aromatic nitrogens is 1. The van der Waals surface area contributed by atoms with Crippen LogP contribution in [0.5, 0.6) is 0 Å². The van der Waals surface area contributed by atoms with Crippen LogP contribution in [0, 0.1) is 0 Å². The van der Waals surface area contributed by atoms with Crippen molar-refractivity contribution in [1.82, 2.24) is 10.3 Å². The van der Waals surface area contributed by atoms with Crippen LogP contribution >= 0.6 is 22.9 Å². The van der Waals surface area contributed by atoms with E-state index in [-0.39, 0.29) is 0 Å². The fourth-order valence-corrected chi connectivity index (χ4v) is 3.65. The molecule has 20 heavy (non-hydrogen) atoms. The van der Waals surface area contributed by atoms with Crippen molar-refractivity contribution >= 4 is 22.9 Å². The van der Waals surface area contributed by atoms with Crippen LogP contribution in [0.3, 0.4) is 0 Å². The molecule has 1 aliphatic carbocycles. The summed E-state index contributed by atoms with van der Waals surface area (Å²) in [6, 6.07) is 8.87. The minimum Gasteiger partial charge on any atom is -0.308 e. The molecule has 1 aromatic heterocycles. The lowest BCUT2D eigenvalue weighted by Gasteiger charge is -2.36. The zero-order valence-corrected chi connectivity index (χ0v) is 13.2. The average molecular weight is 307 g/mol. The fraction of sp³-hybridized carbons (Fsp3) is 0.438. The van der Waals surface area contributed by atoms with Gasteiger partial charge in [-0.05, 0) is 42.9 Å². The third-order valence-corrected chi connectivity index (χ3v) is 5.33. The Balaban J connectivity index is 1.46. The van der Waals surface area contributed by atoms with E-state index in [1.165, 1.54) is 28.3 Å². The van der Waals surface area contributed by atoms with E-state index in [1.54, 1.807) is 0 Å². The van der Waals surface area contributed by atoms with E-state index >= 15 is 0 Å². The van der Waals surface area contributed by atoms with E-state index in [0.717, 1.165) is 18.0 Å². The first-order valence-corrected chi connectivity index (χ1v) is 8.36. The lowest BCUT2D eigenvalue weighted by atomic mass is 9.76. The van der Waals surface area contributed by atoms with E-state index in [0.29, 0.717) is 12.0 Å². The van der Waals surface area contributed by atoms with Crippen LogP contribution in [0.1, 0.15) is 41.1 Å². The monoisotopic (exact) mass is 306 g/mol. The highest BCUT2D eigenvalue weighted by Crippen LogP contribution is 2.37. The van der Waals surface area contributed by atoms with Gasteiger partial charge in [0, 0.05) is 28.7 Å². The van der Waals surface area contributed by atoms with Crippen LogP contribution in [0.2, 0.25) is 5.02 Å². The van der Waals surface area contributed by atoms with Crippen LogP contribution in [-0.4, -0.2) is 11.0 Å². The van der Waals surface area contributed by atoms with Crippen LogP contribution in [0.25, 0.3) is 0 Å². The zero-order valence-electron chi connectivity index (χ0n) is 11.6. The normalized spacial score (nSPS) is 21.7. The van der Waals surface area contributed by atoms with Gasteiger partial charge in [-0.3, -0.25) is 0 Å². The smallest absolute Gasteiger partial charge is 0.107 e. The summed E-state index contributed by atoms with van der Waals surface area (Å²) >= 11 is 7.86. The number of thiazole rings is 1. The molecule has 0 aliphatic heterocycles. The van der Waals surface area contributed by atoms with Gasteiger partial charge in [0.2, 0.25) is 0 Å². The number of rotatable bonds is 5. The summed E-state index contributed by atoms with van der Waals surface area (Å²) in [5.41, 5.74) is 1.37. The maximum absolute atomic E-state index is 6.04. The van der Waals surface area contributed by atoms with E-state index in [9.17, 15) is 0 Å². The van der Waals surface area contributed by atoms with Gasteiger partial charge >= 0.3 is 0 Å². The Morgan fingerprint density at radius 3 is 2.95 bits per heavy atom. The van der Waals surface area contributed by atoms with Crippen molar-refractivity contribution < 1.29 is 0 Å². The summed E-state index contributed by atoms with van der Waals surface area (Å²) < 4.78 is 0. The molecule has 1 aliphatic rings. The number of hydrogen-bond donors (Lipinski definition) is 1. The quantitative estimate of drug-likeness (QED) is 0.886. The molecule has 106 valence electrons. The molecule has 0 amide bonds. The van der Waals surface area contributed by atoms with Crippen LogP contribution in [-0.2, 0) is 13.0 Å². The third kappa shape index (κ3) is 3.22. The molecule has 0 unspecified atom stereocenters. The number of benzene rings is 1. The lowest BCUT2D eigenvalue weighted by molar-refractivity contribution is 0.289. The average Bonchev–Trinajstić information content (AvgIpc) is 2.85. The van der Waals surface area contributed by atoms with Gasteiger partial charge in [0.15, 0.2) is 0 Å². The molecule has 0 radical (unpaired) electrons. The third-order valence-electron chi connectivity index (χ3n) is 3.95. The summed E-state index contributed by atoms with van der Waals surface area (Å²) in [5.74, 6) is 0.661. The predicted molar refractivity (Wildman–Crippen MR) is 85.5 cm³/mol. The van der Waals surface area contributed by atoms with Gasteiger partial charge in [0.1, 0.15) is 5.01 Å². The molecule has 2 aromatic rings. The zero-order chi connectivity index (χ0) is 13.9. The lowest BCUT2D eigenvalue weighted by Crippen LogP contribution is -2.39. The molecule has 1 fully saturated rings. The second-order valence-corrected chi connectivity index (χ2v) is 7.01. The Morgan fingerprint density at radius 1 is 1.40 bits per heavy atom. The molecule has 0 spiro atoms. The molecule has 1 aromatic carbocycles. The number of nitrogens with zero attached hydrogens (tertiary/aromatic N) is 1. The van der Waals surface area contributed by atoms with Gasteiger partial charge in [-0.25, -0.2) is 4.98 Å². The van der Waals surface area contributed by atoms with Gasteiger partial charge in [0.05, 0.1) is 0 Å². The van der Waals surface area contributed by atoms with E-state index < -0.39 is 0 Å². The van der Waals surface area contributed by atoms with Crippen molar-refractivity contribution in [3.05, 3.63) is 50.9 Å². The van der Waals surface area contributed by atoms with Crippen LogP contribution in [0.4, 0.5) is 0 Å². The maximum Gasteiger partial charge on any atom is 0.107 e.